The van der Waals surface area contributed by atoms with Crippen LogP contribution in [0.2, 0.25) is 0 Å². The second kappa shape index (κ2) is 6.53. The number of hydrogen-bond donors (Lipinski definition) is 2. The number of amides is 1. The molecule has 9 heteroatoms. The van der Waals surface area contributed by atoms with Crippen molar-refractivity contribution in [2.75, 3.05) is 36.5 Å². The number of rotatable bonds is 3. The summed E-state index contributed by atoms with van der Waals surface area (Å²) >= 11 is 0. The number of aryl methyl sites for hydroxylation is 1. The fraction of sp³-hybridized carbons (Fsp3) is 0.357. The number of nitrogens with one attached hydrogen (secondary N) is 2. The molecule has 3 heterocycles. The number of aromatic amines is 1. The summed E-state index contributed by atoms with van der Waals surface area (Å²) in [7, 11) is 0. The van der Waals surface area contributed by atoms with E-state index in [1.165, 1.54) is 6.07 Å². The molecule has 3 rings (SSSR count). The van der Waals surface area contributed by atoms with Gasteiger partial charge in [0.05, 0.1) is 13.2 Å². The molecule has 2 aromatic rings. The second-order valence-corrected chi connectivity index (χ2v) is 5.07. The van der Waals surface area contributed by atoms with Crippen LogP contribution in [0.15, 0.2) is 23.0 Å². The van der Waals surface area contributed by atoms with E-state index >= 15 is 0 Å². The van der Waals surface area contributed by atoms with Crippen molar-refractivity contribution >= 4 is 17.7 Å². The lowest BCUT2D eigenvalue weighted by Gasteiger charge is -2.27. The van der Waals surface area contributed by atoms with Crippen molar-refractivity contribution in [3.05, 3.63) is 39.9 Å². The first-order valence-corrected chi connectivity index (χ1v) is 7.17. The molecule has 9 nitrogen and oxygen atoms in total. The number of hydrogen-bond acceptors (Lipinski definition) is 7. The van der Waals surface area contributed by atoms with Gasteiger partial charge in [-0.3, -0.25) is 19.9 Å². The molecule has 1 amide bonds. The van der Waals surface area contributed by atoms with E-state index in [0.717, 1.165) is 13.1 Å². The SMILES string of the molecule is Cc1cc(=O)[nH]c(NC(=O)c2ccc(N3CCOCC3)nn2)n1. The highest BCUT2D eigenvalue weighted by Crippen LogP contribution is 2.11. The number of ether oxygens (including phenoxy) is 1. The molecule has 1 aliphatic rings. The van der Waals surface area contributed by atoms with Crippen LogP contribution in [-0.4, -0.2) is 52.4 Å². The second-order valence-electron chi connectivity index (χ2n) is 5.07. The summed E-state index contributed by atoms with van der Waals surface area (Å²) in [4.78, 5) is 32.0. The molecule has 120 valence electrons. The topological polar surface area (TPSA) is 113 Å². The Bertz CT molecular complexity index is 752. The molecule has 1 saturated heterocycles. The average molecular weight is 316 g/mol. The van der Waals surface area contributed by atoms with E-state index in [-0.39, 0.29) is 17.2 Å². The summed E-state index contributed by atoms with van der Waals surface area (Å²) in [6.07, 6.45) is 0. The van der Waals surface area contributed by atoms with Crippen molar-refractivity contribution in [1.29, 1.82) is 0 Å². The lowest BCUT2D eigenvalue weighted by atomic mass is 10.3. The van der Waals surface area contributed by atoms with Gasteiger partial charge in [0.25, 0.3) is 11.5 Å². The molecule has 1 aliphatic heterocycles. The van der Waals surface area contributed by atoms with Crippen LogP contribution in [0.25, 0.3) is 0 Å². The zero-order chi connectivity index (χ0) is 16.2. The number of nitrogens with zero attached hydrogens (tertiary/aromatic N) is 4. The molecule has 0 aromatic carbocycles. The van der Waals surface area contributed by atoms with E-state index < -0.39 is 5.91 Å². The van der Waals surface area contributed by atoms with Crippen LogP contribution < -0.4 is 15.8 Å². The molecule has 0 aliphatic carbocycles. The lowest BCUT2D eigenvalue weighted by Crippen LogP contribution is -2.37. The summed E-state index contributed by atoms with van der Waals surface area (Å²) < 4.78 is 5.28. The Labute approximate surface area is 131 Å². The van der Waals surface area contributed by atoms with Crippen molar-refractivity contribution in [2.45, 2.75) is 6.92 Å². The Hall–Kier alpha value is -2.81. The van der Waals surface area contributed by atoms with Crippen LogP contribution in [-0.2, 0) is 4.74 Å². The maximum absolute atomic E-state index is 12.1. The van der Waals surface area contributed by atoms with Gasteiger partial charge in [0.2, 0.25) is 5.95 Å². The number of H-pyrrole nitrogens is 1. The van der Waals surface area contributed by atoms with Crippen molar-refractivity contribution in [2.24, 2.45) is 0 Å². The zero-order valence-corrected chi connectivity index (χ0v) is 12.6. The predicted octanol–water partition coefficient (Wildman–Crippen LogP) is -0.0428. The fourth-order valence-electron chi connectivity index (χ4n) is 2.22. The van der Waals surface area contributed by atoms with Crippen molar-refractivity contribution < 1.29 is 9.53 Å². The molecule has 0 bridgehead atoms. The normalized spacial score (nSPS) is 14.6. The van der Waals surface area contributed by atoms with Gasteiger partial charge < -0.3 is 9.64 Å². The monoisotopic (exact) mass is 316 g/mol. The Kier molecular flexibility index (Phi) is 4.29. The van der Waals surface area contributed by atoms with Crippen molar-refractivity contribution in [3.63, 3.8) is 0 Å². The Morgan fingerprint density at radius 3 is 2.74 bits per heavy atom. The van der Waals surface area contributed by atoms with E-state index in [1.807, 2.05) is 4.90 Å². The van der Waals surface area contributed by atoms with E-state index in [2.05, 4.69) is 25.5 Å². The van der Waals surface area contributed by atoms with Gasteiger partial charge in [-0.25, -0.2) is 4.98 Å². The quantitative estimate of drug-likeness (QED) is 0.816. The number of carbonyl (C=O) groups is 1. The fourth-order valence-corrected chi connectivity index (χ4v) is 2.22. The van der Waals surface area contributed by atoms with E-state index in [4.69, 9.17) is 4.74 Å². The lowest BCUT2D eigenvalue weighted by molar-refractivity contribution is 0.102. The number of anilines is 2. The predicted molar refractivity (Wildman–Crippen MR) is 82.6 cm³/mol. The highest BCUT2D eigenvalue weighted by Gasteiger charge is 2.15. The molecule has 0 atom stereocenters. The molecule has 0 radical (unpaired) electrons. The maximum atomic E-state index is 12.1. The number of aromatic nitrogens is 4. The molecule has 2 N–H and O–H groups in total. The van der Waals surface area contributed by atoms with E-state index in [0.29, 0.717) is 24.7 Å². The van der Waals surface area contributed by atoms with Crippen molar-refractivity contribution in [1.82, 2.24) is 20.2 Å². The molecule has 23 heavy (non-hydrogen) atoms. The third-order valence-electron chi connectivity index (χ3n) is 3.32. The highest BCUT2D eigenvalue weighted by molar-refractivity contribution is 6.01. The third kappa shape index (κ3) is 3.69. The van der Waals surface area contributed by atoms with E-state index in [1.54, 1.807) is 19.1 Å². The molecule has 0 unspecified atom stereocenters. The number of carbonyl (C=O) groups excluding carboxylic acids is 1. The molecular weight excluding hydrogens is 300 g/mol. The first-order valence-electron chi connectivity index (χ1n) is 7.17. The first kappa shape index (κ1) is 15.1. The minimum absolute atomic E-state index is 0.0825. The molecule has 2 aromatic heterocycles. The van der Waals surface area contributed by atoms with Gasteiger partial charge in [0.1, 0.15) is 0 Å². The van der Waals surface area contributed by atoms with Gasteiger partial charge >= 0.3 is 0 Å². The molecular formula is C14H16N6O3. The maximum Gasteiger partial charge on any atom is 0.278 e. The van der Waals surface area contributed by atoms with Crippen LogP contribution in [0.4, 0.5) is 11.8 Å². The summed E-state index contributed by atoms with van der Waals surface area (Å²) in [5, 5.41) is 10.5. The minimum Gasteiger partial charge on any atom is -0.378 e. The Morgan fingerprint density at radius 2 is 2.09 bits per heavy atom. The Balaban J connectivity index is 1.71. The number of morpholine rings is 1. The first-order chi connectivity index (χ1) is 11.1. The molecule has 1 fully saturated rings. The van der Waals surface area contributed by atoms with Crippen LogP contribution in [0, 0.1) is 6.92 Å². The van der Waals surface area contributed by atoms with Gasteiger partial charge in [0, 0.05) is 24.8 Å². The average Bonchev–Trinajstić information content (AvgIpc) is 2.55. The van der Waals surface area contributed by atoms with Crippen LogP contribution >= 0.6 is 0 Å². The van der Waals surface area contributed by atoms with Crippen LogP contribution in [0.3, 0.4) is 0 Å². The molecule has 0 saturated carbocycles. The third-order valence-corrected chi connectivity index (χ3v) is 3.32. The highest BCUT2D eigenvalue weighted by atomic mass is 16.5. The van der Waals surface area contributed by atoms with Crippen LogP contribution in [0.5, 0.6) is 0 Å². The van der Waals surface area contributed by atoms with E-state index in [9.17, 15) is 9.59 Å². The summed E-state index contributed by atoms with van der Waals surface area (Å²) in [5.74, 6) is 0.297. The van der Waals surface area contributed by atoms with Gasteiger partial charge in [-0.2, -0.15) is 0 Å². The zero-order valence-electron chi connectivity index (χ0n) is 12.6. The van der Waals surface area contributed by atoms with Gasteiger partial charge in [-0.1, -0.05) is 0 Å². The largest absolute Gasteiger partial charge is 0.378 e. The minimum atomic E-state index is -0.486. The Morgan fingerprint density at radius 1 is 1.30 bits per heavy atom. The van der Waals surface area contributed by atoms with Gasteiger partial charge in [0.15, 0.2) is 11.5 Å². The summed E-state index contributed by atoms with van der Waals surface area (Å²) in [6.45, 7) is 4.46. The molecule has 0 spiro atoms. The summed E-state index contributed by atoms with van der Waals surface area (Å²) in [6, 6.07) is 4.66. The standard InChI is InChI=1S/C14H16N6O3/c1-9-8-12(21)16-14(15-9)17-13(22)10-2-3-11(19-18-10)20-4-6-23-7-5-20/h2-3,8H,4-7H2,1H3,(H2,15,16,17,21,22). The van der Waals surface area contributed by atoms with Crippen molar-refractivity contribution in [3.8, 4) is 0 Å². The summed E-state index contributed by atoms with van der Waals surface area (Å²) in [5.41, 5.74) is 0.325. The smallest absolute Gasteiger partial charge is 0.278 e. The van der Waals surface area contributed by atoms with Crippen LogP contribution in [0.1, 0.15) is 16.2 Å². The van der Waals surface area contributed by atoms with Gasteiger partial charge in [-0.05, 0) is 19.1 Å². The van der Waals surface area contributed by atoms with Gasteiger partial charge in [-0.15, -0.1) is 10.2 Å².